The van der Waals surface area contributed by atoms with E-state index < -0.39 is 0 Å². The number of nitrogens with zero attached hydrogens (tertiary/aromatic N) is 1. The Balaban J connectivity index is 1.94. The number of ether oxygens (including phenoxy) is 1. The highest BCUT2D eigenvalue weighted by atomic mass is 19.1. The van der Waals surface area contributed by atoms with Gasteiger partial charge in [0.05, 0.1) is 30.4 Å². The molecule has 0 radical (unpaired) electrons. The molecule has 1 aliphatic rings. The molecule has 18 heavy (non-hydrogen) atoms. The van der Waals surface area contributed by atoms with Crippen LogP contribution in [0.3, 0.4) is 0 Å². The SMILES string of the molecule is N#Cc1ccc(F)cc1COC1CCC(O)CC1. The summed E-state index contributed by atoms with van der Waals surface area (Å²) in [4.78, 5) is 0. The van der Waals surface area contributed by atoms with E-state index >= 15 is 0 Å². The van der Waals surface area contributed by atoms with E-state index in [4.69, 9.17) is 10.00 Å². The fraction of sp³-hybridized carbons (Fsp3) is 0.500. The lowest BCUT2D eigenvalue weighted by Crippen LogP contribution is -2.24. The van der Waals surface area contributed by atoms with Gasteiger partial charge in [-0.25, -0.2) is 4.39 Å². The fourth-order valence-corrected chi connectivity index (χ4v) is 2.21. The van der Waals surface area contributed by atoms with Crippen molar-refractivity contribution in [2.24, 2.45) is 0 Å². The predicted octanol–water partition coefficient (Wildman–Crippen LogP) is 2.52. The standard InChI is InChI=1S/C14H16FNO2/c15-12-2-1-10(8-16)11(7-12)9-18-14-5-3-13(17)4-6-14/h1-2,7,13-14,17H,3-6,9H2. The first-order valence-corrected chi connectivity index (χ1v) is 6.17. The van der Waals surface area contributed by atoms with Crippen LogP contribution < -0.4 is 0 Å². The highest BCUT2D eigenvalue weighted by Crippen LogP contribution is 2.22. The minimum absolute atomic E-state index is 0.100. The lowest BCUT2D eigenvalue weighted by Gasteiger charge is -2.25. The van der Waals surface area contributed by atoms with E-state index in [1.807, 2.05) is 6.07 Å². The van der Waals surface area contributed by atoms with Gasteiger partial charge in [-0.1, -0.05) is 0 Å². The van der Waals surface area contributed by atoms with Gasteiger partial charge in [0.2, 0.25) is 0 Å². The molecular weight excluding hydrogens is 233 g/mol. The van der Waals surface area contributed by atoms with Gasteiger partial charge in [-0.2, -0.15) is 5.26 Å². The van der Waals surface area contributed by atoms with Gasteiger partial charge in [-0.15, -0.1) is 0 Å². The van der Waals surface area contributed by atoms with Gasteiger partial charge in [0.15, 0.2) is 0 Å². The van der Waals surface area contributed by atoms with E-state index in [0.717, 1.165) is 25.7 Å². The topological polar surface area (TPSA) is 53.2 Å². The molecule has 0 aliphatic heterocycles. The van der Waals surface area contributed by atoms with E-state index in [0.29, 0.717) is 11.1 Å². The third kappa shape index (κ3) is 3.28. The van der Waals surface area contributed by atoms with Crippen LogP contribution in [-0.2, 0) is 11.3 Å². The minimum atomic E-state index is -0.355. The summed E-state index contributed by atoms with van der Waals surface area (Å²) in [6, 6.07) is 6.12. The summed E-state index contributed by atoms with van der Waals surface area (Å²) in [6.45, 7) is 0.251. The van der Waals surface area contributed by atoms with Crippen molar-refractivity contribution >= 4 is 0 Å². The van der Waals surface area contributed by atoms with Crippen LogP contribution in [0.1, 0.15) is 36.8 Å². The summed E-state index contributed by atoms with van der Waals surface area (Å²) in [5.41, 5.74) is 1.04. The van der Waals surface area contributed by atoms with Crippen LogP contribution in [0.2, 0.25) is 0 Å². The van der Waals surface area contributed by atoms with E-state index in [1.165, 1.54) is 18.2 Å². The molecule has 0 atom stereocenters. The van der Waals surface area contributed by atoms with Crippen molar-refractivity contribution in [1.29, 1.82) is 5.26 Å². The molecule has 1 aromatic carbocycles. The first-order chi connectivity index (χ1) is 8.69. The number of aliphatic hydroxyl groups excluding tert-OH is 1. The Labute approximate surface area is 106 Å². The van der Waals surface area contributed by atoms with E-state index in [9.17, 15) is 9.50 Å². The van der Waals surface area contributed by atoms with Crippen LogP contribution in [0.5, 0.6) is 0 Å². The summed E-state index contributed by atoms with van der Waals surface area (Å²) in [7, 11) is 0. The molecular formula is C14H16FNO2. The Bertz CT molecular complexity index is 448. The van der Waals surface area contributed by atoms with Gasteiger partial charge in [0, 0.05) is 0 Å². The summed E-state index contributed by atoms with van der Waals surface area (Å²) < 4.78 is 18.8. The fourth-order valence-electron chi connectivity index (χ4n) is 2.21. The van der Waals surface area contributed by atoms with Gasteiger partial charge in [0.25, 0.3) is 0 Å². The van der Waals surface area contributed by atoms with Crippen molar-refractivity contribution in [3.05, 3.63) is 35.1 Å². The van der Waals surface area contributed by atoms with Crippen molar-refractivity contribution in [3.8, 4) is 6.07 Å². The molecule has 1 aromatic rings. The van der Waals surface area contributed by atoms with Crippen molar-refractivity contribution in [1.82, 2.24) is 0 Å². The Morgan fingerprint density at radius 2 is 2.06 bits per heavy atom. The molecule has 1 aliphatic carbocycles. The second-order valence-corrected chi connectivity index (χ2v) is 4.65. The maximum absolute atomic E-state index is 13.1. The Morgan fingerprint density at radius 3 is 2.72 bits per heavy atom. The third-order valence-electron chi connectivity index (χ3n) is 3.31. The highest BCUT2D eigenvalue weighted by molar-refractivity contribution is 5.37. The molecule has 96 valence electrons. The lowest BCUT2D eigenvalue weighted by molar-refractivity contribution is -0.0119. The van der Waals surface area contributed by atoms with Crippen molar-refractivity contribution in [3.63, 3.8) is 0 Å². The smallest absolute Gasteiger partial charge is 0.123 e. The summed E-state index contributed by atoms with van der Waals surface area (Å²) in [6.07, 6.45) is 3.02. The van der Waals surface area contributed by atoms with E-state index in [2.05, 4.69) is 0 Å². The minimum Gasteiger partial charge on any atom is -0.393 e. The molecule has 0 unspecified atom stereocenters. The molecule has 1 fully saturated rings. The third-order valence-corrected chi connectivity index (χ3v) is 3.31. The van der Waals surface area contributed by atoms with Gasteiger partial charge in [-0.3, -0.25) is 0 Å². The van der Waals surface area contributed by atoms with Crippen LogP contribution in [0.25, 0.3) is 0 Å². The largest absolute Gasteiger partial charge is 0.393 e. The zero-order valence-electron chi connectivity index (χ0n) is 10.1. The van der Waals surface area contributed by atoms with E-state index in [1.54, 1.807) is 0 Å². The number of benzene rings is 1. The Morgan fingerprint density at radius 1 is 1.33 bits per heavy atom. The van der Waals surface area contributed by atoms with Gasteiger partial charge >= 0.3 is 0 Å². The molecule has 1 saturated carbocycles. The van der Waals surface area contributed by atoms with Crippen LogP contribution >= 0.6 is 0 Å². The number of aliphatic hydroxyl groups is 1. The highest BCUT2D eigenvalue weighted by Gasteiger charge is 2.20. The summed E-state index contributed by atoms with van der Waals surface area (Å²) >= 11 is 0. The molecule has 0 aromatic heterocycles. The second-order valence-electron chi connectivity index (χ2n) is 4.65. The van der Waals surface area contributed by atoms with Crippen LogP contribution in [0.15, 0.2) is 18.2 Å². The van der Waals surface area contributed by atoms with Crippen molar-refractivity contribution in [2.75, 3.05) is 0 Å². The van der Waals surface area contributed by atoms with E-state index in [-0.39, 0.29) is 24.6 Å². The lowest BCUT2D eigenvalue weighted by atomic mass is 9.95. The molecule has 1 N–H and O–H groups in total. The first kappa shape index (κ1) is 13.0. The average molecular weight is 249 g/mol. The maximum atomic E-state index is 13.1. The van der Waals surface area contributed by atoms with Crippen molar-refractivity contribution < 1.29 is 14.2 Å². The molecule has 0 amide bonds. The molecule has 2 rings (SSSR count). The number of halogens is 1. The monoisotopic (exact) mass is 249 g/mol. The van der Waals surface area contributed by atoms with Crippen LogP contribution in [0, 0.1) is 17.1 Å². The van der Waals surface area contributed by atoms with Crippen molar-refractivity contribution in [2.45, 2.75) is 44.5 Å². The average Bonchev–Trinajstić information content (AvgIpc) is 2.38. The Hall–Kier alpha value is -1.44. The molecule has 0 spiro atoms. The zero-order valence-corrected chi connectivity index (χ0v) is 10.1. The van der Waals surface area contributed by atoms with Gasteiger partial charge in [0.1, 0.15) is 5.82 Å². The van der Waals surface area contributed by atoms with Crippen LogP contribution in [-0.4, -0.2) is 17.3 Å². The molecule has 4 heteroatoms. The number of rotatable bonds is 3. The molecule has 0 saturated heterocycles. The normalized spacial score (nSPS) is 23.6. The number of nitriles is 1. The number of hydrogen-bond donors (Lipinski definition) is 1. The number of hydrogen-bond acceptors (Lipinski definition) is 3. The van der Waals surface area contributed by atoms with Crippen LogP contribution in [0.4, 0.5) is 4.39 Å². The molecule has 3 nitrogen and oxygen atoms in total. The summed E-state index contributed by atoms with van der Waals surface area (Å²) in [5.74, 6) is -0.355. The van der Waals surface area contributed by atoms with Gasteiger partial charge < -0.3 is 9.84 Å². The molecule has 0 bridgehead atoms. The molecule has 0 heterocycles. The quantitative estimate of drug-likeness (QED) is 0.895. The maximum Gasteiger partial charge on any atom is 0.123 e. The van der Waals surface area contributed by atoms with Gasteiger partial charge in [-0.05, 0) is 49.4 Å². The first-order valence-electron chi connectivity index (χ1n) is 6.17. The zero-order chi connectivity index (χ0) is 13.0. The summed E-state index contributed by atoms with van der Waals surface area (Å²) in [5, 5.41) is 18.3. The predicted molar refractivity (Wildman–Crippen MR) is 64.2 cm³/mol. The second kappa shape index (κ2) is 5.94. The Kier molecular flexibility index (Phi) is 4.29.